The van der Waals surface area contributed by atoms with E-state index in [2.05, 4.69) is 11.9 Å². The molecular weight excluding hydrogens is 264 g/mol. The summed E-state index contributed by atoms with van der Waals surface area (Å²) < 4.78 is 7.21. The molecule has 0 aliphatic heterocycles. The second-order valence-electron chi connectivity index (χ2n) is 4.27. The van der Waals surface area contributed by atoms with E-state index in [1.165, 1.54) is 0 Å². The van der Waals surface area contributed by atoms with Crippen molar-refractivity contribution in [3.8, 4) is 5.75 Å². The van der Waals surface area contributed by atoms with Crippen LogP contribution in [0.2, 0.25) is 5.02 Å². The SMILES string of the molecule is CCCn1ccnc1C(O)c1ccc(Cl)cc1OC. The van der Waals surface area contributed by atoms with Crippen LogP contribution in [0.4, 0.5) is 0 Å². The van der Waals surface area contributed by atoms with Crippen LogP contribution < -0.4 is 4.74 Å². The molecule has 0 aliphatic carbocycles. The number of imidazole rings is 1. The van der Waals surface area contributed by atoms with Gasteiger partial charge in [0.1, 0.15) is 17.7 Å². The first-order valence-electron chi connectivity index (χ1n) is 6.20. The molecule has 2 aromatic rings. The second kappa shape index (κ2) is 6.08. The smallest absolute Gasteiger partial charge is 0.142 e. The minimum absolute atomic E-state index is 0.561. The number of hydrogen-bond acceptors (Lipinski definition) is 3. The lowest BCUT2D eigenvalue weighted by Crippen LogP contribution is -2.10. The Hall–Kier alpha value is -1.52. The number of halogens is 1. The molecule has 5 heteroatoms. The summed E-state index contributed by atoms with van der Waals surface area (Å²) in [4.78, 5) is 4.23. The summed E-state index contributed by atoms with van der Waals surface area (Å²) in [5.74, 6) is 1.17. The van der Waals surface area contributed by atoms with E-state index >= 15 is 0 Å². The molecule has 0 bridgehead atoms. The van der Waals surface area contributed by atoms with Crippen molar-refractivity contribution < 1.29 is 9.84 Å². The summed E-state index contributed by atoms with van der Waals surface area (Å²) >= 11 is 5.92. The van der Waals surface area contributed by atoms with Crippen LogP contribution in [-0.4, -0.2) is 21.8 Å². The van der Waals surface area contributed by atoms with Crippen molar-refractivity contribution in [2.75, 3.05) is 7.11 Å². The summed E-state index contributed by atoms with van der Waals surface area (Å²) in [6.07, 6.45) is 3.71. The molecule has 1 unspecified atom stereocenters. The number of methoxy groups -OCH3 is 1. The Bertz CT molecular complexity index is 554. The molecule has 102 valence electrons. The van der Waals surface area contributed by atoms with Gasteiger partial charge in [0.2, 0.25) is 0 Å². The van der Waals surface area contributed by atoms with Crippen LogP contribution in [0.25, 0.3) is 0 Å². The fraction of sp³-hybridized carbons (Fsp3) is 0.357. The summed E-state index contributed by atoms with van der Waals surface area (Å²) in [5.41, 5.74) is 0.662. The lowest BCUT2D eigenvalue weighted by Gasteiger charge is -2.16. The first-order valence-corrected chi connectivity index (χ1v) is 6.57. The molecule has 1 atom stereocenters. The van der Waals surface area contributed by atoms with Crippen LogP contribution in [-0.2, 0) is 6.54 Å². The number of nitrogens with zero attached hydrogens (tertiary/aromatic N) is 2. The van der Waals surface area contributed by atoms with E-state index in [1.54, 1.807) is 31.5 Å². The topological polar surface area (TPSA) is 47.3 Å². The molecule has 0 saturated carbocycles. The van der Waals surface area contributed by atoms with Crippen molar-refractivity contribution in [2.45, 2.75) is 26.0 Å². The molecule has 1 heterocycles. The summed E-state index contributed by atoms with van der Waals surface area (Å²) in [6.45, 7) is 2.90. The van der Waals surface area contributed by atoms with E-state index in [9.17, 15) is 5.11 Å². The van der Waals surface area contributed by atoms with E-state index in [0.717, 1.165) is 13.0 Å². The number of rotatable bonds is 5. The molecule has 0 amide bonds. The van der Waals surface area contributed by atoms with Gasteiger partial charge in [0, 0.05) is 29.5 Å². The van der Waals surface area contributed by atoms with Crippen molar-refractivity contribution in [3.05, 3.63) is 47.0 Å². The van der Waals surface area contributed by atoms with E-state index in [-0.39, 0.29) is 0 Å². The molecule has 0 fully saturated rings. The standard InChI is InChI=1S/C14H17ClN2O2/c1-3-7-17-8-6-16-14(17)13(18)11-5-4-10(15)9-12(11)19-2/h4-6,8-9,13,18H,3,7H2,1-2H3. The molecule has 1 aromatic carbocycles. The van der Waals surface area contributed by atoms with E-state index in [0.29, 0.717) is 22.2 Å². The third-order valence-corrected chi connectivity index (χ3v) is 3.18. The number of aliphatic hydroxyl groups is 1. The van der Waals surface area contributed by atoms with Gasteiger partial charge >= 0.3 is 0 Å². The third kappa shape index (κ3) is 2.91. The second-order valence-corrected chi connectivity index (χ2v) is 4.70. The largest absolute Gasteiger partial charge is 0.496 e. The van der Waals surface area contributed by atoms with Gasteiger partial charge in [-0.25, -0.2) is 4.98 Å². The Kier molecular flexibility index (Phi) is 4.45. The van der Waals surface area contributed by atoms with Crippen LogP contribution in [0.3, 0.4) is 0 Å². The number of aromatic nitrogens is 2. The highest BCUT2D eigenvalue weighted by Crippen LogP contribution is 2.31. The van der Waals surface area contributed by atoms with Crippen molar-refractivity contribution in [3.63, 3.8) is 0 Å². The Morgan fingerprint density at radius 2 is 2.26 bits per heavy atom. The average molecular weight is 281 g/mol. The third-order valence-electron chi connectivity index (χ3n) is 2.95. The Morgan fingerprint density at radius 1 is 1.47 bits per heavy atom. The minimum Gasteiger partial charge on any atom is -0.496 e. The molecule has 4 nitrogen and oxygen atoms in total. The highest BCUT2D eigenvalue weighted by atomic mass is 35.5. The average Bonchev–Trinajstić information content (AvgIpc) is 2.86. The lowest BCUT2D eigenvalue weighted by molar-refractivity contribution is 0.199. The number of aryl methyl sites for hydroxylation is 1. The highest BCUT2D eigenvalue weighted by molar-refractivity contribution is 6.30. The van der Waals surface area contributed by atoms with Gasteiger partial charge in [-0.3, -0.25) is 0 Å². The Balaban J connectivity index is 2.38. The summed E-state index contributed by atoms with van der Waals surface area (Å²) in [5, 5.41) is 11.1. The number of aliphatic hydroxyl groups excluding tert-OH is 1. The Morgan fingerprint density at radius 3 is 2.95 bits per heavy atom. The monoisotopic (exact) mass is 280 g/mol. The minimum atomic E-state index is -0.825. The van der Waals surface area contributed by atoms with E-state index in [4.69, 9.17) is 16.3 Å². The predicted molar refractivity (Wildman–Crippen MR) is 74.6 cm³/mol. The number of hydrogen-bond donors (Lipinski definition) is 1. The molecule has 2 rings (SSSR count). The quantitative estimate of drug-likeness (QED) is 0.916. The van der Waals surface area contributed by atoms with Crippen LogP contribution in [0.1, 0.15) is 30.8 Å². The Labute approximate surface area is 117 Å². The maximum absolute atomic E-state index is 10.5. The van der Waals surface area contributed by atoms with Gasteiger partial charge < -0.3 is 14.4 Å². The van der Waals surface area contributed by atoms with Crippen LogP contribution in [0.5, 0.6) is 5.75 Å². The molecule has 1 aromatic heterocycles. The van der Waals surface area contributed by atoms with Gasteiger partial charge in [-0.1, -0.05) is 24.6 Å². The lowest BCUT2D eigenvalue weighted by atomic mass is 10.1. The fourth-order valence-corrected chi connectivity index (χ4v) is 2.21. The van der Waals surface area contributed by atoms with Gasteiger partial charge in [0.05, 0.1) is 7.11 Å². The van der Waals surface area contributed by atoms with Crippen LogP contribution >= 0.6 is 11.6 Å². The zero-order chi connectivity index (χ0) is 13.8. The molecule has 1 N–H and O–H groups in total. The predicted octanol–water partition coefficient (Wildman–Crippen LogP) is 3.04. The molecule has 0 aliphatic rings. The van der Waals surface area contributed by atoms with Gasteiger partial charge in [-0.15, -0.1) is 0 Å². The number of benzene rings is 1. The molecular formula is C14H17ClN2O2. The number of ether oxygens (including phenoxy) is 1. The molecule has 0 radical (unpaired) electrons. The van der Waals surface area contributed by atoms with Gasteiger partial charge in [0.15, 0.2) is 0 Å². The first kappa shape index (κ1) is 13.9. The maximum Gasteiger partial charge on any atom is 0.142 e. The van der Waals surface area contributed by atoms with Crippen molar-refractivity contribution in [2.24, 2.45) is 0 Å². The summed E-state index contributed by atoms with van der Waals surface area (Å²) in [6, 6.07) is 5.18. The molecule has 0 spiro atoms. The summed E-state index contributed by atoms with van der Waals surface area (Å²) in [7, 11) is 1.56. The van der Waals surface area contributed by atoms with Gasteiger partial charge in [-0.2, -0.15) is 0 Å². The van der Waals surface area contributed by atoms with Crippen molar-refractivity contribution in [1.82, 2.24) is 9.55 Å². The molecule has 19 heavy (non-hydrogen) atoms. The van der Waals surface area contributed by atoms with Crippen molar-refractivity contribution >= 4 is 11.6 Å². The highest BCUT2D eigenvalue weighted by Gasteiger charge is 2.20. The van der Waals surface area contributed by atoms with Gasteiger partial charge in [-0.05, 0) is 18.6 Å². The zero-order valence-electron chi connectivity index (χ0n) is 11.0. The normalized spacial score (nSPS) is 12.4. The maximum atomic E-state index is 10.5. The van der Waals surface area contributed by atoms with Crippen LogP contribution in [0, 0.1) is 0 Å². The zero-order valence-corrected chi connectivity index (χ0v) is 11.8. The van der Waals surface area contributed by atoms with E-state index < -0.39 is 6.10 Å². The van der Waals surface area contributed by atoms with E-state index in [1.807, 2.05) is 10.8 Å². The fourth-order valence-electron chi connectivity index (χ4n) is 2.05. The molecule has 0 saturated heterocycles. The van der Waals surface area contributed by atoms with Crippen LogP contribution in [0.15, 0.2) is 30.6 Å². The van der Waals surface area contributed by atoms with Crippen molar-refractivity contribution in [1.29, 1.82) is 0 Å². The van der Waals surface area contributed by atoms with Gasteiger partial charge in [0.25, 0.3) is 0 Å². The first-order chi connectivity index (χ1) is 9.17.